The van der Waals surface area contributed by atoms with Crippen LogP contribution < -0.4 is 21.3 Å². The minimum atomic E-state index is -0.0354. The van der Waals surface area contributed by atoms with Crippen LogP contribution >= 0.6 is 15.9 Å². The summed E-state index contributed by atoms with van der Waals surface area (Å²) in [6.45, 7) is 6.80. The quantitative estimate of drug-likeness (QED) is 0.802. The Bertz CT molecular complexity index is 467. The highest BCUT2D eigenvalue weighted by Crippen LogP contribution is 1.95. The average Bonchev–Trinajstić information content (AvgIpc) is 2.20. The smallest absolute Gasteiger partial charge is 0.259 e. The molecule has 0 aliphatic carbocycles. The number of nitrogens with zero attached hydrogens (tertiary/aromatic N) is 1. The predicted octanol–water partition coefficient (Wildman–Crippen LogP) is 0.296. The predicted molar refractivity (Wildman–Crippen MR) is 66.9 cm³/mol. The maximum Gasteiger partial charge on any atom is 0.259 e. The Morgan fingerprint density at radius 2 is 2.33 bits per heavy atom. The molecule has 1 rings (SSSR count). The number of aromatic nitrogens is 1. The number of aryl methyl sites for hydroxylation is 1. The Kier molecular flexibility index (Phi) is 4.15. The van der Waals surface area contributed by atoms with Crippen molar-refractivity contribution in [3.63, 3.8) is 0 Å². The zero-order valence-corrected chi connectivity index (χ0v) is 10.6. The van der Waals surface area contributed by atoms with Crippen LogP contribution in [0.4, 0.5) is 0 Å². The van der Waals surface area contributed by atoms with E-state index in [1.807, 2.05) is 0 Å². The SMILES string of the molecule is C=c1c(Br)cn(C)c(=O)/c1=C/NCCC. The summed E-state index contributed by atoms with van der Waals surface area (Å²) >= 11 is 3.37. The van der Waals surface area contributed by atoms with E-state index in [0.29, 0.717) is 5.22 Å². The van der Waals surface area contributed by atoms with Crippen LogP contribution in [0.2, 0.25) is 0 Å². The van der Waals surface area contributed by atoms with Crippen molar-refractivity contribution < 1.29 is 0 Å². The number of hydrogen-bond donors (Lipinski definition) is 1. The van der Waals surface area contributed by atoms with Gasteiger partial charge in [-0.15, -0.1) is 0 Å². The molecular weight excluding hydrogens is 256 g/mol. The Morgan fingerprint density at radius 3 is 2.93 bits per heavy atom. The zero-order chi connectivity index (χ0) is 11.4. The van der Waals surface area contributed by atoms with Crippen molar-refractivity contribution in [2.24, 2.45) is 7.05 Å². The van der Waals surface area contributed by atoms with E-state index >= 15 is 0 Å². The van der Waals surface area contributed by atoms with Crippen molar-refractivity contribution in [3.8, 4) is 0 Å². The lowest BCUT2D eigenvalue weighted by Gasteiger charge is -2.01. The molecule has 0 amide bonds. The van der Waals surface area contributed by atoms with Crippen LogP contribution in [-0.4, -0.2) is 11.1 Å². The number of pyridine rings is 1. The molecule has 0 saturated heterocycles. The van der Waals surface area contributed by atoms with Gasteiger partial charge in [0.2, 0.25) is 0 Å². The van der Waals surface area contributed by atoms with E-state index in [1.165, 1.54) is 4.57 Å². The first-order valence-electron chi connectivity index (χ1n) is 4.85. The van der Waals surface area contributed by atoms with Crippen LogP contribution in [0.15, 0.2) is 15.5 Å². The van der Waals surface area contributed by atoms with Gasteiger partial charge in [0.15, 0.2) is 0 Å². The number of nitrogens with one attached hydrogen (secondary N) is 1. The molecular formula is C11H15BrN2O. The minimum absolute atomic E-state index is 0.0354. The Balaban J connectivity index is 3.34. The molecule has 1 aromatic rings. The van der Waals surface area contributed by atoms with Crippen LogP contribution in [0.3, 0.4) is 0 Å². The van der Waals surface area contributed by atoms with Gasteiger partial charge in [0.05, 0.1) is 5.22 Å². The molecule has 3 nitrogen and oxygen atoms in total. The molecule has 0 spiro atoms. The lowest BCUT2D eigenvalue weighted by molar-refractivity contribution is 0.820. The fourth-order valence-electron chi connectivity index (χ4n) is 1.22. The molecule has 1 heterocycles. The third kappa shape index (κ3) is 2.72. The molecule has 0 fully saturated rings. The lowest BCUT2D eigenvalue weighted by Crippen LogP contribution is -2.45. The van der Waals surface area contributed by atoms with Crippen molar-refractivity contribution in [3.05, 3.63) is 31.5 Å². The summed E-state index contributed by atoms with van der Waals surface area (Å²) < 4.78 is 2.38. The average molecular weight is 271 g/mol. The van der Waals surface area contributed by atoms with Crippen LogP contribution in [0.25, 0.3) is 12.8 Å². The molecule has 0 aromatic carbocycles. The molecule has 0 unspecified atom stereocenters. The third-order valence-electron chi connectivity index (χ3n) is 2.11. The summed E-state index contributed by atoms with van der Waals surface area (Å²) in [6, 6.07) is 0. The molecule has 0 atom stereocenters. The van der Waals surface area contributed by atoms with Gasteiger partial charge < -0.3 is 9.88 Å². The third-order valence-corrected chi connectivity index (χ3v) is 2.80. The van der Waals surface area contributed by atoms with Crippen LogP contribution in [-0.2, 0) is 7.05 Å². The van der Waals surface area contributed by atoms with Gasteiger partial charge in [-0.25, -0.2) is 0 Å². The Hall–Kier alpha value is -1.03. The highest BCUT2D eigenvalue weighted by molar-refractivity contribution is 9.10. The fraction of sp³-hybridized carbons (Fsp3) is 0.364. The molecule has 0 radical (unpaired) electrons. The van der Waals surface area contributed by atoms with Crippen molar-refractivity contribution in [2.45, 2.75) is 13.3 Å². The molecule has 1 N–H and O–H groups in total. The molecule has 15 heavy (non-hydrogen) atoms. The summed E-state index contributed by atoms with van der Waals surface area (Å²) in [5.41, 5.74) is -0.0354. The fourth-order valence-corrected chi connectivity index (χ4v) is 1.74. The van der Waals surface area contributed by atoms with Gasteiger partial charge in [0.1, 0.15) is 0 Å². The summed E-state index contributed by atoms with van der Waals surface area (Å²) in [5.74, 6) is 0. The van der Waals surface area contributed by atoms with Crippen LogP contribution in [0.1, 0.15) is 13.3 Å². The molecule has 0 aliphatic heterocycles. The summed E-state index contributed by atoms with van der Waals surface area (Å²) in [6.07, 6.45) is 4.48. The minimum Gasteiger partial charge on any atom is -0.390 e. The van der Waals surface area contributed by atoms with Gasteiger partial charge in [-0.2, -0.15) is 0 Å². The van der Waals surface area contributed by atoms with E-state index in [0.717, 1.165) is 22.7 Å². The van der Waals surface area contributed by atoms with E-state index in [2.05, 4.69) is 34.7 Å². The molecule has 82 valence electrons. The van der Waals surface area contributed by atoms with Crippen LogP contribution in [0, 0.1) is 0 Å². The molecule has 0 aliphatic rings. The van der Waals surface area contributed by atoms with E-state index < -0.39 is 0 Å². The van der Waals surface area contributed by atoms with E-state index in [1.54, 1.807) is 19.4 Å². The summed E-state index contributed by atoms with van der Waals surface area (Å²) in [4.78, 5) is 11.8. The van der Waals surface area contributed by atoms with Crippen LogP contribution in [0.5, 0.6) is 0 Å². The van der Waals surface area contributed by atoms with Gasteiger partial charge >= 0.3 is 0 Å². The maximum absolute atomic E-state index is 11.8. The number of halogens is 1. The topological polar surface area (TPSA) is 34.0 Å². The second-order valence-corrected chi connectivity index (χ2v) is 4.24. The summed E-state index contributed by atoms with van der Waals surface area (Å²) in [7, 11) is 1.73. The second kappa shape index (κ2) is 5.16. The molecule has 0 saturated carbocycles. The monoisotopic (exact) mass is 270 g/mol. The van der Waals surface area contributed by atoms with E-state index in [4.69, 9.17) is 0 Å². The standard InChI is InChI=1S/C11H15BrN2O/c1-4-5-13-6-9-8(2)10(12)7-14(3)11(9)15/h6-7,13H,2,4-5H2,1,3H3/b9-6+. The molecule has 4 heteroatoms. The number of hydrogen-bond acceptors (Lipinski definition) is 2. The molecule has 1 aromatic heterocycles. The van der Waals surface area contributed by atoms with Crippen molar-refractivity contribution >= 4 is 28.7 Å². The lowest BCUT2D eigenvalue weighted by atomic mass is 10.3. The first-order valence-corrected chi connectivity index (χ1v) is 5.65. The van der Waals surface area contributed by atoms with Crippen molar-refractivity contribution in [1.29, 1.82) is 0 Å². The van der Waals surface area contributed by atoms with Gasteiger partial charge in [-0.1, -0.05) is 13.5 Å². The first kappa shape index (κ1) is 12.0. The highest BCUT2D eigenvalue weighted by atomic mass is 79.9. The van der Waals surface area contributed by atoms with Gasteiger partial charge in [0.25, 0.3) is 5.56 Å². The maximum atomic E-state index is 11.8. The zero-order valence-electron chi connectivity index (χ0n) is 9.01. The van der Waals surface area contributed by atoms with E-state index in [-0.39, 0.29) is 5.56 Å². The number of rotatable bonds is 3. The largest absolute Gasteiger partial charge is 0.390 e. The van der Waals surface area contributed by atoms with Gasteiger partial charge in [-0.05, 0) is 27.6 Å². The van der Waals surface area contributed by atoms with Crippen molar-refractivity contribution in [1.82, 2.24) is 9.88 Å². The Labute approximate surface area is 97.3 Å². The van der Waals surface area contributed by atoms with E-state index in [9.17, 15) is 4.79 Å². The van der Waals surface area contributed by atoms with Gasteiger partial charge in [0, 0.05) is 30.5 Å². The molecule has 0 bridgehead atoms. The summed E-state index contributed by atoms with van der Waals surface area (Å²) in [5, 5.41) is 4.42. The Morgan fingerprint density at radius 1 is 1.67 bits per heavy atom. The van der Waals surface area contributed by atoms with Crippen molar-refractivity contribution in [2.75, 3.05) is 6.54 Å². The normalized spacial score (nSPS) is 11.8. The first-order chi connectivity index (χ1) is 7.07. The second-order valence-electron chi connectivity index (χ2n) is 3.38. The van der Waals surface area contributed by atoms with Gasteiger partial charge in [-0.3, -0.25) is 4.79 Å². The highest BCUT2D eigenvalue weighted by Gasteiger charge is 1.98.